The van der Waals surface area contributed by atoms with E-state index in [1.165, 1.54) is 0 Å². The zero-order valence-corrected chi connectivity index (χ0v) is 16.2. The Morgan fingerprint density at radius 3 is 2.20 bits per heavy atom. The molecule has 5 rings (SSSR count). The van der Waals surface area contributed by atoms with Gasteiger partial charge in [0, 0.05) is 22.9 Å². The predicted octanol–water partition coefficient (Wildman–Crippen LogP) is 6.04. The minimum Gasteiger partial charge on any atom is -0.422 e. The Kier molecular flexibility index (Phi) is 4.49. The van der Waals surface area contributed by atoms with Crippen LogP contribution in [0.15, 0.2) is 106 Å². The molecular formula is C27H18O3. The average Bonchev–Trinajstić information content (AvgIpc) is 2.80. The number of Topliss-reactive ketones (excluding diaryl/α,β-unsaturated/α-hetero) is 1. The van der Waals surface area contributed by atoms with Crippen LogP contribution in [-0.2, 0) is 6.42 Å². The summed E-state index contributed by atoms with van der Waals surface area (Å²) in [6.45, 7) is 0. The highest BCUT2D eigenvalue weighted by molar-refractivity contribution is 6.06. The summed E-state index contributed by atoms with van der Waals surface area (Å²) in [5.74, 6) is -0.110. The van der Waals surface area contributed by atoms with Crippen LogP contribution in [0.5, 0.6) is 0 Å². The van der Waals surface area contributed by atoms with Crippen LogP contribution in [0.25, 0.3) is 32.9 Å². The van der Waals surface area contributed by atoms with Crippen molar-refractivity contribution in [3.63, 3.8) is 0 Å². The van der Waals surface area contributed by atoms with Gasteiger partial charge in [-0.1, -0.05) is 84.9 Å². The number of carbonyl (C=O) groups excluding carboxylic acids is 1. The van der Waals surface area contributed by atoms with Crippen LogP contribution < -0.4 is 5.63 Å². The summed E-state index contributed by atoms with van der Waals surface area (Å²) < 4.78 is 5.51. The molecule has 0 atom stereocenters. The third kappa shape index (κ3) is 3.31. The van der Waals surface area contributed by atoms with Crippen LogP contribution in [-0.4, -0.2) is 5.78 Å². The van der Waals surface area contributed by atoms with Crippen LogP contribution in [0.2, 0.25) is 0 Å². The highest BCUT2D eigenvalue weighted by atomic mass is 16.4. The summed E-state index contributed by atoms with van der Waals surface area (Å²) in [5, 5.41) is 2.90. The van der Waals surface area contributed by atoms with Gasteiger partial charge in [0.25, 0.3) is 0 Å². The van der Waals surface area contributed by atoms with Gasteiger partial charge in [0.15, 0.2) is 5.78 Å². The number of hydrogen-bond donors (Lipinski definition) is 0. The third-order valence-electron chi connectivity index (χ3n) is 5.38. The Bertz CT molecular complexity index is 1430. The van der Waals surface area contributed by atoms with Gasteiger partial charge in [-0.05, 0) is 34.0 Å². The molecule has 0 amide bonds. The van der Waals surface area contributed by atoms with Crippen LogP contribution in [0.1, 0.15) is 15.9 Å². The lowest BCUT2D eigenvalue weighted by molar-refractivity contribution is 0.0992. The monoisotopic (exact) mass is 390 g/mol. The molecule has 0 spiro atoms. The topological polar surface area (TPSA) is 47.3 Å². The Hall–Kier alpha value is -3.98. The first-order valence-corrected chi connectivity index (χ1v) is 9.82. The van der Waals surface area contributed by atoms with Gasteiger partial charge in [-0.2, -0.15) is 0 Å². The summed E-state index contributed by atoms with van der Waals surface area (Å²) in [6.07, 6.45) is 0.00613. The van der Waals surface area contributed by atoms with Crippen molar-refractivity contribution in [2.45, 2.75) is 6.42 Å². The predicted molar refractivity (Wildman–Crippen MR) is 120 cm³/mol. The molecule has 0 radical (unpaired) electrons. The Morgan fingerprint density at radius 2 is 1.40 bits per heavy atom. The van der Waals surface area contributed by atoms with E-state index in [0.717, 1.165) is 27.3 Å². The average molecular weight is 390 g/mol. The lowest BCUT2D eigenvalue weighted by Gasteiger charge is -2.06. The molecule has 0 saturated carbocycles. The number of hydrogen-bond acceptors (Lipinski definition) is 3. The summed E-state index contributed by atoms with van der Waals surface area (Å²) >= 11 is 0. The molecule has 1 heterocycles. The first-order chi connectivity index (χ1) is 14.7. The minimum atomic E-state index is -0.466. The molecule has 3 nitrogen and oxygen atoms in total. The van der Waals surface area contributed by atoms with Crippen LogP contribution >= 0.6 is 0 Å². The van der Waals surface area contributed by atoms with Crippen molar-refractivity contribution in [2.75, 3.05) is 0 Å². The van der Waals surface area contributed by atoms with Gasteiger partial charge >= 0.3 is 5.63 Å². The van der Waals surface area contributed by atoms with Gasteiger partial charge in [-0.15, -0.1) is 0 Å². The molecule has 1 aromatic heterocycles. The van der Waals surface area contributed by atoms with Gasteiger partial charge in [0.05, 0.1) is 0 Å². The maximum atomic E-state index is 12.8. The van der Waals surface area contributed by atoms with Crippen LogP contribution in [0.4, 0.5) is 0 Å². The molecule has 3 heteroatoms. The number of fused-ring (bicyclic) bond motifs is 3. The van der Waals surface area contributed by atoms with Crippen molar-refractivity contribution in [2.24, 2.45) is 0 Å². The first kappa shape index (κ1) is 18.1. The lowest BCUT2D eigenvalue weighted by Crippen LogP contribution is -2.13. The zero-order chi connectivity index (χ0) is 20.5. The number of benzene rings is 4. The molecule has 0 aliphatic rings. The van der Waals surface area contributed by atoms with Crippen molar-refractivity contribution in [1.29, 1.82) is 0 Å². The van der Waals surface area contributed by atoms with Gasteiger partial charge in [0.1, 0.15) is 5.58 Å². The molecule has 0 saturated heterocycles. The normalized spacial score (nSPS) is 11.1. The second kappa shape index (κ2) is 7.45. The fraction of sp³-hybridized carbons (Fsp3) is 0.0370. The van der Waals surface area contributed by atoms with Crippen molar-refractivity contribution in [3.05, 3.63) is 119 Å². The molecule has 0 N–H and O–H groups in total. The van der Waals surface area contributed by atoms with Gasteiger partial charge in [-0.25, -0.2) is 4.79 Å². The molecular weight excluding hydrogens is 372 g/mol. The van der Waals surface area contributed by atoms with Crippen LogP contribution in [0, 0.1) is 0 Å². The Balaban J connectivity index is 1.47. The van der Waals surface area contributed by atoms with E-state index >= 15 is 0 Å². The zero-order valence-electron chi connectivity index (χ0n) is 16.2. The van der Waals surface area contributed by atoms with Crippen molar-refractivity contribution >= 4 is 27.5 Å². The van der Waals surface area contributed by atoms with E-state index in [1.807, 2.05) is 84.9 Å². The minimum absolute atomic E-state index is 0.00613. The van der Waals surface area contributed by atoms with Gasteiger partial charge in [0.2, 0.25) is 0 Å². The van der Waals surface area contributed by atoms with Crippen molar-refractivity contribution < 1.29 is 9.21 Å². The van der Waals surface area contributed by atoms with E-state index in [9.17, 15) is 9.59 Å². The number of carbonyl (C=O) groups is 1. The summed E-state index contributed by atoms with van der Waals surface area (Å²) in [5.41, 5.74) is 3.15. The van der Waals surface area contributed by atoms with Gasteiger partial charge < -0.3 is 4.42 Å². The molecule has 144 valence electrons. The third-order valence-corrected chi connectivity index (χ3v) is 5.38. The van der Waals surface area contributed by atoms with Gasteiger partial charge in [-0.3, -0.25) is 4.79 Å². The maximum Gasteiger partial charge on any atom is 0.339 e. The number of ketones is 1. The second-order valence-corrected chi connectivity index (χ2v) is 7.30. The molecule has 0 fully saturated rings. The Morgan fingerprint density at radius 1 is 0.700 bits per heavy atom. The molecule has 0 unspecified atom stereocenters. The van der Waals surface area contributed by atoms with E-state index in [1.54, 1.807) is 12.1 Å². The molecule has 0 bridgehead atoms. The fourth-order valence-corrected chi connectivity index (χ4v) is 3.79. The summed E-state index contributed by atoms with van der Waals surface area (Å²) in [6, 6.07) is 30.9. The molecule has 5 aromatic rings. The fourth-order valence-electron chi connectivity index (χ4n) is 3.79. The summed E-state index contributed by atoms with van der Waals surface area (Å²) in [4.78, 5) is 25.3. The molecule has 4 aromatic carbocycles. The molecule has 0 aliphatic heterocycles. The Labute approximate surface area is 173 Å². The smallest absolute Gasteiger partial charge is 0.339 e. The SMILES string of the molecule is O=C(Cc1cc2c(ccc3ccccc32)oc1=O)c1ccc(-c2ccccc2)cc1. The lowest BCUT2D eigenvalue weighted by atomic mass is 9.99. The van der Waals surface area contributed by atoms with E-state index in [4.69, 9.17) is 4.42 Å². The molecule has 0 aliphatic carbocycles. The first-order valence-electron chi connectivity index (χ1n) is 9.82. The second-order valence-electron chi connectivity index (χ2n) is 7.30. The highest BCUT2D eigenvalue weighted by Crippen LogP contribution is 2.25. The highest BCUT2D eigenvalue weighted by Gasteiger charge is 2.13. The van der Waals surface area contributed by atoms with Crippen molar-refractivity contribution in [3.8, 4) is 11.1 Å². The van der Waals surface area contributed by atoms with E-state index in [0.29, 0.717) is 16.7 Å². The standard InChI is InChI=1S/C27H18O3/c28-25(21-12-10-19(11-13-21)18-6-2-1-3-7-18)17-22-16-24-23-9-5-4-8-20(23)14-15-26(24)30-27(22)29/h1-16H,17H2. The quantitative estimate of drug-likeness (QED) is 0.214. The van der Waals surface area contributed by atoms with E-state index in [-0.39, 0.29) is 12.2 Å². The molecule has 30 heavy (non-hydrogen) atoms. The summed E-state index contributed by atoms with van der Waals surface area (Å²) in [7, 11) is 0. The number of rotatable bonds is 4. The van der Waals surface area contributed by atoms with E-state index < -0.39 is 5.63 Å². The maximum absolute atomic E-state index is 12.8. The van der Waals surface area contributed by atoms with E-state index in [2.05, 4.69) is 0 Å². The van der Waals surface area contributed by atoms with Crippen molar-refractivity contribution in [1.82, 2.24) is 0 Å². The largest absolute Gasteiger partial charge is 0.422 e. The van der Waals surface area contributed by atoms with Crippen LogP contribution in [0.3, 0.4) is 0 Å².